The minimum atomic E-state index is -0.185. The topological polar surface area (TPSA) is 63.7 Å². The van der Waals surface area contributed by atoms with Gasteiger partial charge in [0, 0.05) is 43.5 Å². The first-order chi connectivity index (χ1) is 11.8. The van der Waals surface area contributed by atoms with Crippen LogP contribution in [0.5, 0.6) is 0 Å². The highest BCUT2D eigenvalue weighted by molar-refractivity contribution is 5.67. The summed E-state index contributed by atoms with van der Waals surface area (Å²) in [6, 6.07) is 4.99. The van der Waals surface area contributed by atoms with Crippen molar-refractivity contribution in [2.45, 2.75) is 38.3 Å². The summed E-state index contributed by atoms with van der Waals surface area (Å²) in [6.45, 7) is 5.38. The molecule has 1 N–H and O–H groups in total. The normalized spacial score (nSPS) is 25.0. The molecular weight excluding hydrogens is 306 g/mol. The Balaban J connectivity index is 1.46. The summed E-state index contributed by atoms with van der Waals surface area (Å²) in [6.07, 6.45) is 6.46. The van der Waals surface area contributed by atoms with Crippen LogP contribution in [-0.4, -0.2) is 61.0 Å². The summed E-state index contributed by atoms with van der Waals surface area (Å²) in [4.78, 5) is 17.6. The molecule has 1 aromatic heterocycles. The van der Waals surface area contributed by atoms with Crippen molar-refractivity contribution < 1.29 is 14.3 Å². The molecule has 0 unspecified atom stereocenters. The maximum Gasteiger partial charge on any atom is 0.409 e. The molecule has 0 spiro atoms. The number of likely N-dealkylation sites (tertiary alicyclic amines) is 1. The van der Waals surface area contributed by atoms with Gasteiger partial charge in [0.1, 0.15) is 0 Å². The van der Waals surface area contributed by atoms with Crippen molar-refractivity contribution in [2.24, 2.45) is 5.92 Å². The van der Waals surface area contributed by atoms with Crippen molar-refractivity contribution in [3.63, 3.8) is 0 Å². The first-order valence-electron chi connectivity index (χ1n) is 8.90. The largest absolute Gasteiger partial charge is 0.450 e. The van der Waals surface area contributed by atoms with E-state index in [0.29, 0.717) is 24.6 Å². The second kappa shape index (κ2) is 8.44. The van der Waals surface area contributed by atoms with Crippen LogP contribution >= 0.6 is 0 Å². The quantitative estimate of drug-likeness (QED) is 0.891. The van der Waals surface area contributed by atoms with E-state index in [1.54, 1.807) is 4.90 Å². The van der Waals surface area contributed by atoms with Gasteiger partial charge in [0.15, 0.2) is 0 Å². The summed E-state index contributed by atoms with van der Waals surface area (Å²) >= 11 is 0. The van der Waals surface area contributed by atoms with Crippen molar-refractivity contribution in [1.82, 2.24) is 15.2 Å². The number of nitrogens with one attached hydrogen (secondary N) is 1. The molecule has 6 nitrogen and oxygen atoms in total. The number of nitrogens with zero attached hydrogens (tertiary/aromatic N) is 2. The smallest absolute Gasteiger partial charge is 0.409 e. The number of carbonyl (C=O) groups excluding carboxylic acids is 1. The Morgan fingerprint density at radius 1 is 1.33 bits per heavy atom. The number of hydrogen-bond acceptors (Lipinski definition) is 5. The fourth-order valence-electron chi connectivity index (χ4n) is 3.55. The van der Waals surface area contributed by atoms with Gasteiger partial charge in [-0.15, -0.1) is 0 Å². The van der Waals surface area contributed by atoms with Gasteiger partial charge in [0.05, 0.1) is 19.8 Å². The van der Waals surface area contributed by atoms with Crippen LogP contribution in [0.25, 0.3) is 0 Å². The van der Waals surface area contributed by atoms with Crippen LogP contribution in [0.3, 0.4) is 0 Å². The minimum absolute atomic E-state index is 0.185. The molecule has 3 rings (SSSR count). The van der Waals surface area contributed by atoms with Gasteiger partial charge < -0.3 is 19.7 Å². The lowest BCUT2D eigenvalue weighted by Crippen LogP contribution is -2.49. The standard InChI is InChI=1S/C18H27N3O3/c1-2-24-18(22)21-9-5-16(6-10-21)20-17-13-23-12-15(17)11-14-3-7-19-8-4-14/h3-4,7-8,15-17,20H,2,5-6,9-13H2,1H3/t15-,17-/m1/s1. The van der Waals surface area contributed by atoms with Gasteiger partial charge in [0.2, 0.25) is 0 Å². The molecule has 0 aliphatic carbocycles. The monoisotopic (exact) mass is 333 g/mol. The lowest BCUT2D eigenvalue weighted by molar-refractivity contribution is 0.0934. The number of aromatic nitrogens is 1. The molecule has 2 aliphatic rings. The van der Waals surface area contributed by atoms with Crippen molar-refractivity contribution in [3.05, 3.63) is 30.1 Å². The second-order valence-corrected chi connectivity index (χ2v) is 6.59. The third kappa shape index (κ3) is 4.45. The second-order valence-electron chi connectivity index (χ2n) is 6.59. The SMILES string of the molecule is CCOC(=O)N1CCC(N[C@@H]2COC[C@H]2Cc2ccncc2)CC1. The molecule has 0 saturated carbocycles. The Bertz CT molecular complexity index is 518. The summed E-state index contributed by atoms with van der Waals surface area (Å²) < 4.78 is 10.8. The first kappa shape index (κ1) is 17.2. The molecular formula is C18H27N3O3. The third-order valence-electron chi connectivity index (χ3n) is 4.92. The molecule has 2 fully saturated rings. The molecule has 132 valence electrons. The van der Waals surface area contributed by atoms with Crippen molar-refractivity contribution in [2.75, 3.05) is 32.9 Å². The minimum Gasteiger partial charge on any atom is -0.450 e. The molecule has 24 heavy (non-hydrogen) atoms. The summed E-state index contributed by atoms with van der Waals surface area (Å²) in [5.41, 5.74) is 1.31. The number of pyridine rings is 1. The van der Waals surface area contributed by atoms with E-state index < -0.39 is 0 Å². The predicted octanol–water partition coefficient (Wildman–Crippen LogP) is 1.85. The van der Waals surface area contributed by atoms with E-state index in [4.69, 9.17) is 9.47 Å². The van der Waals surface area contributed by atoms with Crippen LogP contribution in [0.2, 0.25) is 0 Å². The molecule has 1 aromatic rings. The van der Waals surface area contributed by atoms with E-state index in [0.717, 1.165) is 45.6 Å². The highest BCUT2D eigenvalue weighted by Gasteiger charge is 2.32. The van der Waals surface area contributed by atoms with Crippen molar-refractivity contribution in [1.29, 1.82) is 0 Å². The average molecular weight is 333 g/mol. The Morgan fingerprint density at radius 3 is 2.79 bits per heavy atom. The lowest BCUT2D eigenvalue weighted by Gasteiger charge is -2.34. The predicted molar refractivity (Wildman–Crippen MR) is 90.8 cm³/mol. The van der Waals surface area contributed by atoms with E-state index in [1.807, 2.05) is 19.3 Å². The van der Waals surface area contributed by atoms with E-state index in [-0.39, 0.29) is 6.09 Å². The molecule has 6 heteroatoms. The summed E-state index contributed by atoms with van der Waals surface area (Å²) in [5.74, 6) is 0.496. The Morgan fingerprint density at radius 2 is 2.08 bits per heavy atom. The van der Waals surface area contributed by atoms with Gasteiger partial charge in [-0.05, 0) is 43.9 Å². The van der Waals surface area contributed by atoms with Crippen molar-refractivity contribution >= 4 is 6.09 Å². The van der Waals surface area contributed by atoms with Crippen LogP contribution in [0.1, 0.15) is 25.3 Å². The van der Waals surface area contributed by atoms with Crippen LogP contribution in [0.4, 0.5) is 4.79 Å². The Hall–Kier alpha value is -1.66. The number of hydrogen-bond donors (Lipinski definition) is 1. The van der Waals surface area contributed by atoms with Crippen molar-refractivity contribution in [3.8, 4) is 0 Å². The van der Waals surface area contributed by atoms with Gasteiger partial charge in [-0.25, -0.2) is 4.79 Å². The number of carbonyl (C=O) groups is 1. The van der Waals surface area contributed by atoms with Gasteiger partial charge in [0.25, 0.3) is 0 Å². The fourth-order valence-corrected chi connectivity index (χ4v) is 3.55. The Kier molecular flexibility index (Phi) is 6.04. The van der Waals surface area contributed by atoms with E-state index in [9.17, 15) is 4.79 Å². The number of piperidine rings is 1. The Labute approximate surface area is 143 Å². The molecule has 2 saturated heterocycles. The average Bonchev–Trinajstić information content (AvgIpc) is 3.03. The zero-order chi connectivity index (χ0) is 16.8. The van der Waals surface area contributed by atoms with Crippen LogP contribution in [0, 0.1) is 5.92 Å². The van der Waals surface area contributed by atoms with Crippen LogP contribution < -0.4 is 5.32 Å². The van der Waals surface area contributed by atoms with Crippen LogP contribution in [0.15, 0.2) is 24.5 Å². The summed E-state index contributed by atoms with van der Waals surface area (Å²) in [5, 5.41) is 3.76. The third-order valence-corrected chi connectivity index (χ3v) is 4.92. The van der Waals surface area contributed by atoms with E-state index in [2.05, 4.69) is 22.4 Å². The number of rotatable bonds is 5. The highest BCUT2D eigenvalue weighted by Crippen LogP contribution is 2.21. The molecule has 2 atom stereocenters. The van der Waals surface area contributed by atoms with Gasteiger partial charge in [-0.3, -0.25) is 4.98 Å². The van der Waals surface area contributed by atoms with Gasteiger partial charge >= 0.3 is 6.09 Å². The first-order valence-corrected chi connectivity index (χ1v) is 8.90. The van der Waals surface area contributed by atoms with E-state index in [1.165, 1.54) is 5.56 Å². The molecule has 3 heterocycles. The van der Waals surface area contributed by atoms with Gasteiger partial charge in [-0.1, -0.05) is 0 Å². The highest BCUT2D eigenvalue weighted by atomic mass is 16.6. The number of ether oxygens (including phenoxy) is 2. The zero-order valence-corrected chi connectivity index (χ0v) is 14.3. The van der Waals surface area contributed by atoms with E-state index >= 15 is 0 Å². The maximum atomic E-state index is 11.8. The maximum absolute atomic E-state index is 11.8. The van der Waals surface area contributed by atoms with Gasteiger partial charge in [-0.2, -0.15) is 0 Å². The van der Waals surface area contributed by atoms with Crippen LogP contribution in [-0.2, 0) is 15.9 Å². The molecule has 1 amide bonds. The fraction of sp³-hybridized carbons (Fsp3) is 0.667. The lowest BCUT2D eigenvalue weighted by atomic mass is 9.93. The number of amides is 1. The molecule has 0 aromatic carbocycles. The molecule has 0 radical (unpaired) electrons. The zero-order valence-electron chi connectivity index (χ0n) is 14.3. The molecule has 0 bridgehead atoms. The molecule has 2 aliphatic heterocycles. The summed E-state index contributed by atoms with van der Waals surface area (Å²) in [7, 11) is 0.